The number of thiocarbonyl (C=S) groups is 1. The number of hydrogen-bond acceptors (Lipinski definition) is 4. The van der Waals surface area contributed by atoms with E-state index in [0.717, 1.165) is 6.42 Å². The summed E-state index contributed by atoms with van der Waals surface area (Å²) in [6, 6.07) is 1.77. The Morgan fingerprint density at radius 2 is 2.17 bits per heavy atom. The van der Waals surface area contributed by atoms with E-state index in [1.807, 2.05) is 6.92 Å². The molecule has 0 aliphatic rings. The fourth-order valence-corrected chi connectivity index (χ4v) is 0.662. The molecule has 12 heavy (non-hydrogen) atoms. The van der Waals surface area contributed by atoms with Gasteiger partial charge in [0.25, 0.3) is 0 Å². The van der Waals surface area contributed by atoms with Crippen LogP contribution >= 0.6 is 12.2 Å². The Balaban J connectivity index is 4.42. The van der Waals surface area contributed by atoms with Crippen LogP contribution in [0.2, 0.25) is 0 Å². The Hall–Kier alpha value is -1.28. The summed E-state index contributed by atoms with van der Waals surface area (Å²) in [6.07, 6.45) is 0.816. The van der Waals surface area contributed by atoms with Gasteiger partial charge in [0.2, 0.25) is 5.88 Å². The van der Waals surface area contributed by atoms with Crippen molar-refractivity contribution in [3.63, 3.8) is 0 Å². The van der Waals surface area contributed by atoms with E-state index in [0.29, 0.717) is 6.61 Å². The molecule has 0 radical (unpaired) electrons. The van der Waals surface area contributed by atoms with Gasteiger partial charge in [0, 0.05) is 0 Å². The summed E-state index contributed by atoms with van der Waals surface area (Å²) in [4.78, 5) is -0.0360. The summed E-state index contributed by atoms with van der Waals surface area (Å²) in [5, 5.41) is 8.53. The molecule has 0 aromatic carbocycles. The van der Waals surface area contributed by atoms with Gasteiger partial charge in [0.05, 0.1) is 6.61 Å². The molecule has 0 aliphatic heterocycles. The molecule has 0 aliphatic carbocycles. The molecule has 0 saturated carbocycles. The fourth-order valence-electron chi connectivity index (χ4n) is 0.516. The number of nitrogens with two attached hydrogens (primary N) is 2. The third-order valence-corrected chi connectivity index (χ3v) is 1.27. The molecule has 0 aromatic heterocycles. The zero-order valence-corrected chi connectivity index (χ0v) is 7.65. The van der Waals surface area contributed by atoms with Crippen molar-refractivity contribution < 1.29 is 4.74 Å². The Labute approximate surface area is 76.8 Å². The number of nitrogens with zero attached hydrogens (tertiary/aromatic N) is 1. The zero-order chi connectivity index (χ0) is 9.56. The standard InChI is InChI=1S/C7H11N3OS/c1-2-3-11-6(9)5(4-8)7(10)12/h2-3,9H2,1H3,(H2,10,12)/b6-5-. The third kappa shape index (κ3) is 3.21. The second kappa shape index (κ2) is 5.38. The molecule has 0 atom stereocenters. The first-order chi connectivity index (χ1) is 5.63. The maximum atomic E-state index is 8.53. The maximum absolute atomic E-state index is 8.53. The molecule has 4 N–H and O–H groups in total. The first-order valence-electron chi connectivity index (χ1n) is 3.45. The van der Waals surface area contributed by atoms with Crippen molar-refractivity contribution in [3.8, 4) is 6.07 Å². The summed E-state index contributed by atoms with van der Waals surface area (Å²) in [6.45, 7) is 2.39. The van der Waals surface area contributed by atoms with Crippen LogP contribution < -0.4 is 11.5 Å². The molecule has 0 saturated heterocycles. The quantitative estimate of drug-likeness (QED) is 0.286. The highest BCUT2D eigenvalue weighted by atomic mass is 32.1. The van der Waals surface area contributed by atoms with Gasteiger partial charge in [0.15, 0.2) is 0 Å². The van der Waals surface area contributed by atoms with E-state index >= 15 is 0 Å². The highest BCUT2D eigenvalue weighted by Crippen LogP contribution is 2.00. The van der Waals surface area contributed by atoms with Crippen molar-refractivity contribution in [2.45, 2.75) is 13.3 Å². The lowest BCUT2D eigenvalue weighted by Crippen LogP contribution is -2.17. The Bertz CT molecular complexity index is 242. The summed E-state index contributed by atoms with van der Waals surface area (Å²) in [7, 11) is 0. The number of hydrogen-bond donors (Lipinski definition) is 2. The Morgan fingerprint density at radius 3 is 2.50 bits per heavy atom. The summed E-state index contributed by atoms with van der Waals surface area (Å²) in [5.74, 6) is 0.00634. The minimum Gasteiger partial charge on any atom is -0.478 e. The average Bonchev–Trinajstić information content (AvgIpc) is 2.01. The van der Waals surface area contributed by atoms with Crippen molar-refractivity contribution in [2.24, 2.45) is 11.5 Å². The highest BCUT2D eigenvalue weighted by Gasteiger charge is 2.06. The lowest BCUT2D eigenvalue weighted by Gasteiger charge is -2.05. The third-order valence-electron chi connectivity index (χ3n) is 1.07. The molecule has 5 heteroatoms. The number of nitriles is 1. The molecule has 0 unspecified atom stereocenters. The minimum absolute atomic E-state index is 0.00634. The van der Waals surface area contributed by atoms with E-state index in [4.69, 9.17) is 21.5 Å². The summed E-state index contributed by atoms with van der Waals surface area (Å²) >= 11 is 4.58. The van der Waals surface area contributed by atoms with Crippen molar-refractivity contribution in [2.75, 3.05) is 6.61 Å². The Morgan fingerprint density at radius 1 is 1.58 bits per heavy atom. The SMILES string of the molecule is CCCO/C(N)=C(/C#N)C(N)=S. The van der Waals surface area contributed by atoms with Gasteiger partial charge in [-0.15, -0.1) is 0 Å². The van der Waals surface area contributed by atoms with E-state index in [1.165, 1.54) is 0 Å². The van der Waals surface area contributed by atoms with Gasteiger partial charge >= 0.3 is 0 Å². The fraction of sp³-hybridized carbons (Fsp3) is 0.429. The lowest BCUT2D eigenvalue weighted by molar-refractivity contribution is 0.209. The molecule has 0 aromatic rings. The van der Waals surface area contributed by atoms with E-state index in [-0.39, 0.29) is 16.4 Å². The molecule has 66 valence electrons. The first kappa shape index (κ1) is 10.7. The van der Waals surface area contributed by atoms with Gasteiger partial charge in [-0.3, -0.25) is 0 Å². The second-order valence-corrected chi connectivity index (χ2v) is 2.50. The lowest BCUT2D eigenvalue weighted by atomic mass is 10.3. The van der Waals surface area contributed by atoms with Crippen LogP contribution in [-0.2, 0) is 4.74 Å². The highest BCUT2D eigenvalue weighted by molar-refractivity contribution is 7.80. The van der Waals surface area contributed by atoms with Crippen molar-refractivity contribution >= 4 is 17.2 Å². The average molecular weight is 185 g/mol. The van der Waals surface area contributed by atoms with Gasteiger partial charge < -0.3 is 16.2 Å². The summed E-state index contributed by atoms with van der Waals surface area (Å²) < 4.78 is 4.97. The van der Waals surface area contributed by atoms with Gasteiger partial charge in [-0.2, -0.15) is 5.26 Å². The topological polar surface area (TPSA) is 85.1 Å². The Kier molecular flexibility index (Phi) is 4.81. The van der Waals surface area contributed by atoms with Gasteiger partial charge in [-0.05, 0) is 6.42 Å². The van der Waals surface area contributed by atoms with E-state index in [2.05, 4.69) is 12.2 Å². The minimum atomic E-state index is -0.0360. The molecule has 0 fully saturated rings. The van der Waals surface area contributed by atoms with E-state index < -0.39 is 0 Å². The molecule has 0 spiro atoms. The van der Waals surface area contributed by atoms with Crippen LogP contribution in [0.5, 0.6) is 0 Å². The normalized spacial score (nSPS) is 11.3. The molecule has 0 rings (SSSR count). The molecular weight excluding hydrogens is 174 g/mol. The number of rotatable bonds is 4. The predicted octanol–water partition coefficient (Wildman–Crippen LogP) is 0.393. The van der Waals surface area contributed by atoms with Crippen molar-refractivity contribution in [1.29, 1.82) is 5.26 Å². The van der Waals surface area contributed by atoms with E-state index in [1.54, 1.807) is 6.07 Å². The smallest absolute Gasteiger partial charge is 0.205 e. The molecule has 4 nitrogen and oxygen atoms in total. The maximum Gasteiger partial charge on any atom is 0.205 e. The molecule has 0 heterocycles. The van der Waals surface area contributed by atoms with E-state index in [9.17, 15) is 0 Å². The van der Waals surface area contributed by atoms with Gasteiger partial charge in [0.1, 0.15) is 16.6 Å². The first-order valence-corrected chi connectivity index (χ1v) is 3.86. The van der Waals surface area contributed by atoms with Crippen LogP contribution in [0.4, 0.5) is 0 Å². The van der Waals surface area contributed by atoms with Gasteiger partial charge in [-0.1, -0.05) is 19.1 Å². The second-order valence-electron chi connectivity index (χ2n) is 2.06. The molecular formula is C7H11N3OS. The number of ether oxygens (including phenoxy) is 1. The van der Waals surface area contributed by atoms with Crippen LogP contribution in [-0.4, -0.2) is 11.6 Å². The summed E-state index contributed by atoms with van der Waals surface area (Å²) in [5.41, 5.74) is 10.6. The van der Waals surface area contributed by atoms with Crippen molar-refractivity contribution in [1.82, 2.24) is 0 Å². The van der Waals surface area contributed by atoms with Crippen LogP contribution in [0.25, 0.3) is 0 Å². The zero-order valence-electron chi connectivity index (χ0n) is 6.83. The monoisotopic (exact) mass is 185 g/mol. The predicted molar refractivity (Wildman–Crippen MR) is 49.9 cm³/mol. The van der Waals surface area contributed by atoms with Crippen LogP contribution in [0, 0.1) is 11.3 Å². The van der Waals surface area contributed by atoms with Crippen LogP contribution in [0.3, 0.4) is 0 Å². The molecule has 0 bridgehead atoms. The largest absolute Gasteiger partial charge is 0.478 e. The molecule has 0 amide bonds. The van der Waals surface area contributed by atoms with Crippen molar-refractivity contribution in [3.05, 3.63) is 11.5 Å². The van der Waals surface area contributed by atoms with Crippen LogP contribution in [0.15, 0.2) is 11.5 Å². The van der Waals surface area contributed by atoms with Crippen LogP contribution in [0.1, 0.15) is 13.3 Å². The van der Waals surface area contributed by atoms with Gasteiger partial charge in [-0.25, -0.2) is 0 Å².